The summed E-state index contributed by atoms with van der Waals surface area (Å²) in [7, 11) is -1.28. The van der Waals surface area contributed by atoms with Gasteiger partial charge in [0.25, 0.3) is 0 Å². The number of aliphatic hydroxyl groups excluding tert-OH is 1. The smallest absolute Gasteiger partial charge is 0.149 e. The van der Waals surface area contributed by atoms with Crippen molar-refractivity contribution in [1.29, 1.82) is 0 Å². The number of rotatable bonds is 5. The first kappa shape index (κ1) is 12.2. The molecule has 0 bridgehead atoms. The second-order valence-electron chi connectivity index (χ2n) is 3.81. The van der Waals surface area contributed by atoms with Crippen LogP contribution in [-0.2, 0) is 23.3 Å². The van der Waals surface area contributed by atoms with Crippen molar-refractivity contribution in [3.8, 4) is 0 Å². The van der Waals surface area contributed by atoms with Crippen LogP contribution in [0.3, 0.4) is 0 Å². The molecule has 0 aliphatic heterocycles. The second kappa shape index (κ2) is 4.76. The highest BCUT2D eigenvalue weighted by atomic mass is 32.2. The highest BCUT2D eigenvalue weighted by Crippen LogP contribution is 2.05. The van der Waals surface area contributed by atoms with E-state index in [1.165, 1.54) is 0 Å². The molecule has 0 radical (unpaired) electrons. The van der Waals surface area contributed by atoms with Crippen LogP contribution >= 0.6 is 0 Å². The summed E-state index contributed by atoms with van der Waals surface area (Å²) in [4.78, 5) is 0. The minimum Gasteiger partial charge on any atom is -0.392 e. The summed E-state index contributed by atoms with van der Waals surface area (Å²) in [6.45, 7) is 0. The lowest BCUT2D eigenvalue weighted by Crippen LogP contribution is -2.20. The molecule has 0 aliphatic carbocycles. The average molecular weight is 232 g/mol. The summed E-state index contributed by atoms with van der Waals surface area (Å²) in [5, 5.41) is 13.4. The maximum atomic E-state index is 10.9. The molecule has 15 heavy (non-hydrogen) atoms. The summed E-state index contributed by atoms with van der Waals surface area (Å²) in [6, 6.07) is 0. The Morgan fingerprint density at radius 3 is 2.73 bits per heavy atom. The molecule has 1 aromatic rings. The van der Waals surface area contributed by atoms with Gasteiger partial charge in [0.2, 0.25) is 0 Å². The summed E-state index contributed by atoms with van der Waals surface area (Å²) < 4.78 is 23.4. The van der Waals surface area contributed by atoms with E-state index in [1.807, 2.05) is 13.2 Å². The summed E-state index contributed by atoms with van der Waals surface area (Å²) in [6.07, 6.45) is 4.99. The van der Waals surface area contributed by atoms with E-state index in [0.717, 1.165) is 11.8 Å². The Balaban J connectivity index is 2.37. The lowest BCUT2D eigenvalue weighted by atomic mass is 10.1. The van der Waals surface area contributed by atoms with Crippen molar-refractivity contribution in [3.05, 3.63) is 18.0 Å². The minimum atomic E-state index is -3.09. The molecule has 1 atom stereocenters. The first-order valence-corrected chi connectivity index (χ1v) is 6.76. The van der Waals surface area contributed by atoms with Crippen LogP contribution in [0.5, 0.6) is 0 Å². The third kappa shape index (κ3) is 4.94. The molecule has 5 nitrogen and oxygen atoms in total. The standard InChI is InChI=1S/C9H16N2O3S/c1-11-6-8(5-10-11)3-4-9(12)7-15(2,13)14/h5-6,9,12H,3-4,7H2,1-2H3. The van der Waals surface area contributed by atoms with Crippen molar-refractivity contribution in [2.75, 3.05) is 12.0 Å². The van der Waals surface area contributed by atoms with E-state index >= 15 is 0 Å². The van der Waals surface area contributed by atoms with Crippen molar-refractivity contribution >= 4 is 9.84 Å². The number of hydrogen-bond acceptors (Lipinski definition) is 4. The van der Waals surface area contributed by atoms with Crippen molar-refractivity contribution in [3.63, 3.8) is 0 Å². The summed E-state index contributed by atoms with van der Waals surface area (Å²) in [5.41, 5.74) is 1.00. The Kier molecular flexibility index (Phi) is 3.87. The molecule has 1 heterocycles. The van der Waals surface area contributed by atoms with Crippen LogP contribution in [0.1, 0.15) is 12.0 Å². The van der Waals surface area contributed by atoms with Crippen LogP contribution in [-0.4, -0.2) is 41.4 Å². The summed E-state index contributed by atoms with van der Waals surface area (Å²) >= 11 is 0. The van der Waals surface area contributed by atoms with Gasteiger partial charge in [-0.25, -0.2) is 8.42 Å². The lowest BCUT2D eigenvalue weighted by molar-refractivity contribution is 0.187. The molecule has 1 N–H and O–H groups in total. The maximum Gasteiger partial charge on any atom is 0.149 e. The van der Waals surface area contributed by atoms with Crippen molar-refractivity contribution in [2.24, 2.45) is 7.05 Å². The number of sulfone groups is 1. The molecule has 0 saturated carbocycles. The van der Waals surface area contributed by atoms with Crippen LogP contribution in [0.2, 0.25) is 0 Å². The number of hydrogen-bond donors (Lipinski definition) is 1. The number of nitrogens with zero attached hydrogens (tertiary/aromatic N) is 2. The highest BCUT2D eigenvalue weighted by Gasteiger charge is 2.12. The molecular formula is C9H16N2O3S. The van der Waals surface area contributed by atoms with Gasteiger partial charge < -0.3 is 5.11 Å². The topological polar surface area (TPSA) is 72.2 Å². The average Bonchev–Trinajstić information content (AvgIpc) is 2.45. The first-order valence-electron chi connectivity index (χ1n) is 4.70. The Bertz CT molecular complexity index is 411. The zero-order valence-electron chi connectivity index (χ0n) is 8.92. The molecule has 0 amide bonds. The highest BCUT2D eigenvalue weighted by molar-refractivity contribution is 7.90. The largest absolute Gasteiger partial charge is 0.392 e. The van der Waals surface area contributed by atoms with Crippen molar-refractivity contribution in [1.82, 2.24) is 9.78 Å². The second-order valence-corrected chi connectivity index (χ2v) is 5.99. The molecule has 86 valence electrons. The third-order valence-corrected chi connectivity index (χ3v) is 3.01. The molecule has 0 saturated heterocycles. The van der Waals surface area contributed by atoms with Crippen molar-refractivity contribution < 1.29 is 13.5 Å². The van der Waals surface area contributed by atoms with Gasteiger partial charge in [-0.1, -0.05) is 0 Å². The van der Waals surface area contributed by atoms with E-state index in [9.17, 15) is 13.5 Å². The van der Waals surface area contributed by atoms with E-state index < -0.39 is 15.9 Å². The van der Waals surface area contributed by atoms with Gasteiger partial charge in [0.05, 0.1) is 18.1 Å². The molecule has 1 unspecified atom stereocenters. The predicted molar refractivity (Wildman–Crippen MR) is 57.2 cm³/mol. The van der Waals surface area contributed by atoms with Crippen LogP contribution in [0.15, 0.2) is 12.4 Å². The fraction of sp³-hybridized carbons (Fsp3) is 0.667. The maximum absolute atomic E-state index is 10.9. The van der Waals surface area contributed by atoms with Crippen molar-refractivity contribution in [2.45, 2.75) is 18.9 Å². The predicted octanol–water partition coefficient (Wildman–Crippen LogP) is -0.242. The monoisotopic (exact) mass is 232 g/mol. The Morgan fingerprint density at radius 2 is 2.27 bits per heavy atom. The van der Waals surface area contributed by atoms with Gasteiger partial charge in [-0.05, 0) is 18.4 Å². The van der Waals surface area contributed by atoms with Gasteiger partial charge in [0, 0.05) is 19.5 Å². The molecule has 6 heteroatoms. The summed E-state index contributed by atoms with van der Waals surface area (Å²) in [5.74, 6) is -0.173. The number of aliphatic hydroxyl groups is 1. The normalized spacial score (nSPS) is 14.1. The first-order chi connectivity index (χ1) is 6.87. The van der Waals surface area contributed by atoms with Gasteiger partial charge in [0.15, 0.2) is 0 Å². The van der Waals surface area contributed by atoms with E-state index in [2.05, 4.69) is 5.10 Å². The Labute approximate surface area is 89.6 Å². The van der Waals surface area contributed by atoms with Crippen LogP contribution in [0.25, 0.3) is 0 Å². The van der Waals surface area contributed by atoms with Crippen LogP contribution < -0.4 is 0 Å². The molecule has 0 spiro atoms. The SMILES string of the molecule is Cn1cc(CCC(O)CS(C)(=O)=O)cn1. The molecule has 1 rings (SSSR count). The van der Waals surface area contributed by atoms with E-state index in [0.29, 0.717) is 12.8 Å². The third-order valence-electron chi connectivity index (χ3n) is 2.02. The van der Waals surface area contributed by atoms with Crippen LogP contribution in [0, 0.1) is 0 Å². The van der Waals surface area contributed by atoms with Gasteiger partial charge in [-0.3, -0.25) is 4.68 Å². The van der Waals surface area contributed by atoms with E-state index in [1.54, 1.807) is 10.9 Å². The van der Waals surface area contributed by atoms with Gasteiger partial charge >= 0.3 is 0 Å². The zero-order chi connectivity index (χ0) is 11.5. The molecule has 0 aromatic carbocycles. The van der Waals surface area contributed by atoms with E-state index in [-0.39, 0.29) is 5.75 Å². The Morgan fingerprint density at radius 1 is 1.60 bits per heavy atom. The van der Waals surface area contributed by atoms with Gasteiger partial charge in [-0.2, -0.15) is 5.10 Å². The number of aryl methyl sites for hydroxylation is 2. The minimum absolute atomic E-state index is 0.173. The molecule has 0 aliphatic rings. The molecule has 0 fully saturated rings. The zero-order valence-corrected chi connectivity index (χ0v) is 9.74. The lowest BCUT2D eigenvalue weighted by Gasteiger charge is -2.07. The van der Waals surface area contributed by atoms with Gasteiger partial charge in [0.1, 0.15) is 9.84 Å². The van der Waals surface area contributed by atoms with E-state index in [4.69, 9.17) is 0 Å². The Hall–Kier alpha value is -0.880. The van der Waals surface area contributed by atoms with Gasteiger partial charge in [-0.15, -0.1) is 0 Å². The number of aromatic nitrogens is 2. The van der Waals surface area contributed by atoms with Crippen LogP contribution in [0.4, 0.5) is 0 Å². The fourth-order valence-electron chi connectivity index (χ4n) is 1.37. The molecule has 1 aromatic heterocycles. The fourth-order valence-corrected chi connectivity index (χ4v) is 2.23. The quantitative estimate of drug-likeness (QED) is 0.760. The molecular weight excluding hydrogens is 216 g/mol.